The Morgan fingerprint density at radius 3 is 1.09 bits per heavy atom. The van der Waals surface area contributed by atoms with Gasteiger partial charge in [0.2, 0.25) is 11.8 Å². The van der Waals surface area contributed by atoms with Crippen molar-refractivity contribution in [2.45, 2.75) is 124 Å². The van der Waals surface area contributed by atoms with Crippen molar-refractivity contribution in [1.82, 2.24) is 10.6 Å². The summed E-state index contributed by atoms with van der Waals surface area (Å²) in [5.74, 6) is 0.837. The number of unbranched alkanes of at least 4 members (excludes halogenated alkanes) is 4. The minimum atomic E-state index is -0.335. The molecule has 0 saturated heterocycles. The second-order valence-corrected chi connectivity index (χ2v) is 16.2. The summed E-state index contributed by atoms with van der Waals surface area (Å²) in [6.45, 7) is 8.77. The van der Waals surface area contributed by atoms with Crippen LogP contribution in [0.25, 0.3) is 0 Å². The minimum Gasteiger partial charge on any atom is -0.427 e. The van der Waals surface area contributed by atoms with Gasteiger partial charge in [-0.25, -0.2) is 0 Å². The quantitative estimate of drug-likeness (QED) is 0.0766. The van der Waals surface area contributed by atoms with Gasteiger partial charge in [-0.15, -0.1) is 0 Å². The molecule has 0 unspecified atom stereocenters. The van der Waals surface area contributed by atoms with Crippen LogP contribution in [0.4, 0.5) is 0 Å². The monoisotopic (exact) mass is 790 g/mol. The van der Waals surface area contributed by atoms with Crippen LogP contribution in [0.2, 0.25) is 0 Å². The molecule has 2 aromatic rings. The summed E-state index contributed by atoms with van der Waals surface area (Å²) in [4.78, 5) is 73.8. The van der Waals surface area contributed by atoms with Crippen LogP contribution in [-0.4, -0.2) is 48.8 Å². The zero-order valence-corrected chi connectivity index (χ0v) is 34.2. The average molecular weight is 791 g/mol. The highest BCUT2D eigenvalue weighted by Crippen LogP contribution is 2.32. The van der Waals surface area contributed by atoms with Gasteiger partial charge in [0.15, 0.2) is 0 Å². The second kappa shape index (κ2) is 23.5. The van der Waals surface area contributed by atoms with Crippen LogP contribution in [0, 0.1) is 35.5 Å². The number of nitrogens with one attached hydrogen (secondary N) is 2. The summed E-state index contributed by atoms with van der Waals surface area (Å²) in [5, 5.41) is 5.96. The maximum Gasteiger partial charge on any atom is 0.314 e. The van der Waals surface area contributed by atoms with Crippen LogP contribution in [0.5, 0.6) is 23.0 Å². The molecule has 0 aromatic heterocycles. The van der Waals surface area contributed by atoms with Crippen molar-refractivity contribution in [3.8, 4) is 23.0 Å². The molecule has 0 heterocycles. The van der Waals surface area contributed by atoms with Gasteiger partial charge >= 0.3 is 23.9 Å². The number of ether oxygens (including phenoxy) is 4. The summed E-state index contributed by atoms with van der Waals surface area (Å²) in [7, 11) is 0. The van der Waals surface area contributed by atoms with Crippen molar-refractivity contribution in [2.24, 2.45) is 35.5 Å². The van der Waals surface area contributed by atoms with Gasteiger partial charge in [-0.1, -0.05) is 47.0 Å². The highest BCUT2D eigenvalue weighted by molar-refractivity contribution is 5.79. The molecule has 2 saturated carbocycles. The van der Waals surface area contributed by atoms with E-state index in [9.17, 15) is 28.8 Å². The van der Waals surface area contributed by atoms with Crippen LogP contribution < -0.4 is 29.6 Å². The van der Waals surface area contributed by atoms with Gasteiger partial charge in [0.1, 0.15) is 23.0 Å². The Balaban J connectivity index is 1.00. The first-order chi connectivity index (χ1) is 27.4. The van der Waals surface area contributed by atoms with Crippen molar-refractivity contribution >= 4 is 35.7 Å². The Kier molecular flexibility index (Phi) is 18.5. The molecule has 2 N–H and O–H groups in total. The highest BCUT2D eigenvalue weighted by Gasteiger charge is 2.29. The molecule has 2 aromatic carbocycles. The summed E-state index contributed by atoms with van der Waals surface area (Å²) in [6.07, 6.45) is 10.8. The lowest BCUT2D eigenvalue weighted by molar-refractivity contribution is -0.141. The molecule has 2 fully saturated rings. The molecule has 0 atom stereocenters. The maximum atomic E-state index is 12.7. The average Bonchev–Trinajstić information content (AvgIpc) is 3.20. The van der Waals surface area contributed by atoms with E-state index in [1.54, 1.807) is 48.5 Å². The third kappa shape index (κ3) is 16.3. The maximum absolute atomic E-state index is 12.7. The van der Waals surface area contributed by atoms with E-state index in [1.807, 2.05) is 27.7 Å². The molecule has 2 aliphatic rings. The van der Waals surface area contributed by atoms with Crippen LogP contribution in [0.15, 0.2) is 48.5 Å². The zero-order valence-electron chi connectivity index (χ0n) is 34.2. The number of benzene rings is 2. The predicted molar refractivity (Wildman–Crippen MR) is 214 cm³/mol. The molecule has 57 heavy (non-hydrogen) atoms. The molecule has 0 bridgehead atoms. The Labute approximate surface area is 337 Å². The van der Waals surface area contributed by atoms with Crippen molar-refractivity contribution in [2.75, 3.05) is 13.1 Å². The van der Waals surface area contributed by atoms with Crippen LogP contribution >= 0.6 is 0 Å². The molecule has 2 aliphatic carbocycles. The molecule has 12 heteroatoms. The Morgan fingerprint density at radius 1 is 0.474 bits per heavy atom. The molecular formula is C45H62N2O10. The first-order valence-electron chi connectivity index (χ1n) is 21.0. The van der Waals surface area contributed by atoms with Crippen LogP contribution in [0.1, 0.15) is 124 Å². The van der Waals surface area contributed by atoms with Gasteiger partial charge in [-0.05, 0) is 125 Å². The third-order valence-corrected chi connectivity index (χ3v) is 10.8. The molecule has 12 nitrogen and oxygen atoms in total. The van der Waals surface area contributed by atoms with E-state index in [1.165, 1.54) is 0 Å². The fraction of sp³-hybridized carbons (Fsp3) is 0.600. The van der Waals surface area contributed by atoms with Gasteiger partial charge < -0.3 is 29.6 Å². The van der Waals surface area contributed by atoms with Crippen LogP contribution in [-0.2, 0) is 28.8 Å². The van der Waals surface area contributed by atoms with Gasteiger partial charge in [0.25, 0.3) is 0 Å². The summed E-state index contributed by atoms with van der Waals surface area (Å²) < 4.78 is 22.1. The molecule has 2 amide bonds. The Bertz CT molecular complexity index is 1490. The normalized spacial score (nSPS) is 19.3. The first kappa shape index (κ1) is 45.0. The number of hydrogen-bond acceptors (Lipinski definition) is 10. The van der Waals surface area contributed by atoms with E-state index in [0.717, 1.165) is 70.6 Å². The number of carbonyl (C=O) groups excluding carboxylic acids is 6. The van der Waals surface area contributed by atoms with E-state index in [2.05, 4.69) is 10.6 Å². The fourth-order valence-electron chi connectivity index (χ4n) is 7.09. The Hall–Kier alpha value is -4.74. The molecule has 4 rings (SSSR count). The summed E-state index contributed by atoms with van der Waals surface area (Å²) >= 11 is 0. The number of rotatable bonds is 20. The topological polar surface area (TPSA) is 163 Å². The molecule has 0 radical (unpaired) electrons. The van der Waals surface area contributed by atoms with Crippen molar-refractivity contribution in [1.29, 1.82) is 0 Å². The van der Waals surface area contributed by atoms with E-state index in [4.69, 9.17) is 18.9 Å². The summed E-state index contributed by atoms with van der Waals surface area (Å²) in [5.41, 5.74) is 0. The molecular weight excluding hydrogens is 728 g/mol. The first-order valence-corrected chi connectivity index (χ1v) is 21.0. The molecule has 312 valence electrons. The van der Waals surface area contributed by atoms with Crippen molar-refractivity contribution < 1.29 is 47.7 Å². The number of carbonyl (C=O) groups is 6. The Morgan fingerprint density at radius 2 is 0.772 bits per heavy atom. The van der Waals surface area contributed by atoms with E-state index in [0.29, 0.717) is 60.8 Å². The van der Waals surface area contributed by atoms with Crippen LogP contribution in [0.3, 0.4) is 0 Å². The van der Waals surface area contributed by atoms with Gasteiger partial charge in [-0.2, -0.15) is 0 Å². The smallest absolute Gasteiger partial charge is 0.314 e. The lowest BCUT2D eigenvalue weighted by Crippen LogP contribution is -2.35. The number of hydrogen-bond donors (Lipinski definition) is 2. The fourth-order valence-corrected chi connectivity index (χ4v) is 7.09. The van der Waals surface area contributed by atoms with Gasteiger partial charge in [-0.3, -0.25) is 28.8 Å². The lowest BCUT2D eigenvalue weighted by atomic mass is 9.82. The van der Waals surface area contributed by atoms with Crippen molar-refractivity contribution in [3.63, 3.8) is 0 Å². The molecule has 0 spiro atoms. The predicted octanol–water partition coefficient (Wildman–Crippen LogP) is 7.90. The van der Waals surface area contributed by atoms with Gasteiger partial charge in [0, 0.05) is 37.8 Å². The highest BCUT2D eigenvalue weighted by atomic mass is 16.5. The number of amides is 2. The van der Waals surface area contributed by atoms with Crippen molar-refractivity contribution in [3.05, 3.63) is 48.5 Å². The lowest BCUT2D eigenvalue weighted by Gasteiger charge is -2.27. The summed E-state index contributed by atoms with van der Waals surface area (Å²) in [6, 6.07) is 13.0. The van der Waals surface area contributed by atoms with E-state index >= 15 is 0 Å². The standard InChI is InChI=1S/C45H62N2O10/c1-30(2)42(50)46-28-32-12-16-34(17-13-32)44(52)56-38-24-20-36(21-25-38)54-40(48)10-8-6-5-7-9-11-41(49)55-37-22-26-39(27-23-37)57-45(53)35-18-14-33(15-19-35)29-47-43(51)31(3)4/h20-27,30-35H,5-19,28-29H2,1-4H3,(H,46,50)(H,47,51). The largest absolute Gasteiger partial charge is 0.427 e. The SMILES string of the molecule is CC(C)C(=O)NCC1CCC(C(=O)Oc2ccc(OC(=O)CCCCCCCC(=O)Oc3ccc(OC(=O)C4CCC(CNC(=O)C(C)C)CC4)cc3)cc2)CC1. The van der Waals surface area contributed by atoms with Gasteiger partial charge in [0.05, 0.1) is 11.8 Å². The zero-order chi connectivity index (χ0) is 41.2. The van der Waals surface area contributed by atoms with E-state index < -0.39 is 0 Å². The molecule has 0 aliphatic heterocycles. The second-order valence-electron chi connectivity index (χ2n) is 16.2. The minimum absolute atomic E-state index is 0.0389. The van der Waals surface area contributed by atoms with E-state index in [-0.39, 0.29) is 72.2 Å². The third-order valence-electron chi connectivity index (χ3n) is 10.8. The number of esters is 4.